The summed E-state index contributed by atoms with van der Waals surface area (Å²) in [5, 5.41) is 11.6. The van der Waals surface area contributed by atoms with Crippen molar-refractivity contribution in [3.8, 4) is 0 Å². The number of benzene rings is 1. The van der Waals surface area contributed by atoms with E-state index >= 15 is 0 Å². The molecule has 14 heavy (non-hydrogen) atoms. The monoisotopic (exact) mass is 194 g/mol. The molecule has 0 heterocycles. The van der Waals surface area contributed by atoms with Crippen molar-refractivity contribution in [2.75, 3.05) is 17.6 Å². The molecule has 0 aromatic heterocycles. The highest BCUT2D eigenvalue weighted by atomic mass is 16.4. The van der Waals surface area contributed by atoms with Gasteiger partial charge in [-0.05, 0) is 12.1 Å². The number of hydrogen-bond donors (Lipinski definition) is 3. The topological polar surface area (TPSA) is 75.3 Å². The molecule has 4 N–H and O–H groups in total. The van der Waals surface area contributed by atoms with Gasteiger partial charge in [0.05, 0.1) is 17.3 Å². The minimum Gasteiger partial charge on any atom is -0.481 e. The Hall–Kier alpha value is -1.71. The summed E-state index contributed by atoms with van der Waals surface area (Å²) in [6, 6.07) is 7.28. The summed E-state index contributed by atoms with van der Waals surface area (Å²) in [6.45, 7) is 2.03. The number of rotatable bonds is 4. The molecular formula is C10H14N2O2. The van der Waals surface area contributed by atoms with Crippen LogP contribution in [0.15, 0.2) is 24.3 Å². The normalized spacial score (nSPS) is 12.1. The van der Waals surface area contributed by atoms with Gasteiger partial charge < -0.3 is 16.2 Å². The average molecular weight is 194 g/mol. The van der Waals surface area contributed by atoms with Gasteiger partial charge in [0.25, 0.3) is 0 Å². The number of nitrogens with two attached hydrogens (primary N) is 1. The Kier molecular flexibility index (Phi) is 3.34. The standard InChI is InChI=1S/C10H14N2O2/c1-7(10(13)14)6-12-9-5-3-2-4-8(9)11/h2-5,7,12H,6,11H2,1H3,(H,13,14)/t7-/m1/s1. The Morgan fingerprint density at radius 1 is 1.57 bits per heavy atom. The van der Waals surface area contributed by atoms with Crippen LogP contribution < -0.4 is 11.1 Å². The van der Waals surface area contributed by atoms with Crippen LogP contribution in [0.3, 0.4) is 0 Å². The molecule has 76 valence electrons. The van der Waals surface area contributed by atoms with E-state index in [0.717, 1.165) is 5.69 Å². The minimum absolute atomic E-state index is 0.379. The molecule has 0 aliphatic heterocycles. The van der Waals surface area contributed by atoms with E-state index in [4.69, 9.17) is 10.8 Å². The number of carboxylic acids is 1. The van der Waals surface area contributed by atoms with Gasteiger partial charge in [0.1, 0.15) is 0 Å². The smallest absolute Gasteiger partial charge is 0.308 e. The lowest BCUT2D eigenvalue weighted by Gasteiger charge is -2.11. The maximum Gasteiger partial charge on any atom is 0.308 e. The number of nitrogen functional groups attached to an aromatic ring is 1. The first-order valence-corrected chi connectivity index (χ1v) is 4.42. The highest BCUT2D eigenvalue weighted by molar-refractivity contribution is 5.71. The Labute approximate surface area is 82.7 Å². The third-order valence-corrected chi connectivity index (χ3v) is 1.98. The zero-order chi connectivity index (χ0) is 10.6. The predicted octanol–water partition coefficient (Wildman–Crippen LogP) is 1.40. The van der Waals surface area contributed by atoms with E-state index in [-0.39, 0.29) is 0 Å². The van der Waals surface area contributed by atoms with Crippen LogP contribution in [0, 0.1) is 5.92 Å². The molecule has 0 amide bonds. The molecule has 0 spiro atoms. The number of para-hydroxylation sites is 2. The van der Waals surface area contributed by atoms with Gasteiger partial charge in [0.15, 0.2) is 0 Å². The Bertz CT molecular complexity index is 326. The summed E-state index contributed by atoms with van der Waals surface area (Å²) in [6.07, 6.45) is 0. The van der Waals surface area contributed by atoms with Gasteiger partial charge in [-0.2, -0.15) is 0 Å². The van der Waals surface area contributed by atoms with Crippen molar-refractivity contribution in [2.24, 2.45) is 5.92 Å². The Balaban J connectivity index is 2.54. The second kappa shape index (κ2) is 4.50. The van der Waals surface area contributed by atoms with E-state index in [2.05, 4.69) is 5.32 Å². The Morgan fingerprint density at radius 2 is 2.21 bits per heavy atom. The molecule has 1 atom stereocenters. The number of carbonyl (C=O) groups is 1. The number of carboxylic acid groups (broad SMARTS) is 1. The van der Waals surface area contributed by atoms with Gasteiger partial charge in [0.2, 0.25) is 0 Å². The minimum atomic E-state index is -0.813. The lowest BCUT2D eigenvalue weighted by molar-refractivity contribution is -0.140. The van der Waals surface area contributed by atoms with Crippen molar-refractivity contribution in [3.63, 3.8) is 0 Å². The molecule has 4 heteroatoms. The maximum atomic E-state index is 10.5. The lowest BCUT2D eigenvalue weighted by Crippen LogP contribution is -2.19. The summed E-state index contributed by atoms with van der Waals surface area (Å²) < 4.78 is 0. The number of aliphatic carboxylic acids is 1. The highest BCUT2D eigenvalue weighted by Crippen LogP contribution is 2.16. The van der Waals surface area contributed by atoms with Gasteiger partial charge >= 0.3 is 5.97 Å². The van der Waals surface area contributed by atoms with Crippen LogP contribution in [-0.4, -0.2) is 17.6 Å². The van der Waals surface area contributed by atoms with Crippen LogP contribution in [0.1, 0.15) is 6.92 Å². The van der Waals surface area contributed by atoms with E-state index in [1.54, 1.807) is 13.0 Å². The van der Waals surface area contributed by atoms with Crippen molar-refractivity contribution in [1.29, 1.82) is 0 Å². The molecule has 0 aliphatic rings. The molecule has 1 rings (SSSR count). The van der Waals surface area contributed by atoms with E-state index in [9.17, 15) is 4.79 Å². The summed E-state index contributed by atoms with van der Waals surface area (Å²) in [4.78, 5) is 10.5. The van der Waals surface area contributed by atoms with Crippen molar-refractivity contribution < 1.29 is 9.90 Å². The SMILES string of the molecule is C[C@H](CNc1ccccc1N)C(=O)O. The van der Waals surface area contributed by atoms with Crippen LogP contribution in [0.25, 0.3) is 0 Å². The molecule has 0 saturated carbocycles. The molecule has 0 bridgehead atoms. The molecular weight excluding hydrogens is 180 g/mol. The number of hydrogen-bond acceptors (Lipinski definition) is 3. The fraction of sp³-hybridized carbons (Fsp3) is 0.300. The van der Waals surface area contributed by atoms with Gasteiger partial charge in [-0.15, -0.1) is 0 Å². The summed E-state index contributed by atoms with van der Waals surface area (Å²) in [7, 11) is 0. The fourth-order valence-electron chi connectivity index (χ4n) is 1.01. The van der Waals surface area contributed by atoms with Crippen LogP contribution >= 0.6 is 0 Å². The highest BCUT2D eigenvalue weighted by Gasteiger charge is 2.10. The van der Waals surface area contributed by atoms with Crippen LogP contribution in [-0.2, 0) is 4.79 Å². The van der Waals surface area contributed by atoms with Crippen molar-refractivity contribution in [1.82, 2.24) is 0 Å². The quantitative estimate of drug-likeness (QED) is 0.633. The molecule has 0 unspecified atom stereocenters. The fourth-order valence-corrected chi connectivity index (χ4v) is 1.01. The zero-order valence-corrected chi connectivity index (χ0v) is 8.03. The van der Waals surface area contributed by atoms with E-state index in [0.29, 0.717) is 12.2 Å². The Morgan fingerprint density at radius 3 is 2.79 bits per heavy atom. The van der Waals surface area contributed by atoms with Crippen molar-refractivity contribution in [3.05, 3.63) is 24.3 Å². The first-order chi connectivity index (χ1) is 6.61. The third kappa shape index (κ3) is 2.65. The van der Waals surface area contributed by atoms with Crippen LogP contribution in [0.5, 0.6) is 0 Å². The van der Waals surface area contributed by atoms with E-state index in [1.165, 1.54) is 0 Å². The van der Waals surface area contributed by atoms with Crippen molar-refractivity contribution in [2.45, 2.75) is 6.92 Å². The van der Waals surface area contributed by atoms with Crippen LogP contribution in [0.2, 0.25) is 0 Å². The second-order valence-corrected chi connectivity index (χ2v) is 3.21. The summed E-state index contributed by atoms with van der Waals surface area (Å²) in [5.74, 6) is -1.23. The molecule has 0 fully saturated rings. The van der Waals surface area contributed by atoms with E-state index in [1.807, 2.05) is 18.2 Å². The largest absolute Gasteiger partial charge is 0.481 e. The van der Waals surface area contributed by atoms with Gasteiger partial charge in [0, 0.05) is 6.54 Å². The van der Waals surface area contributed by atoms with Gasteiger partial charge in [-0.3, -0.25) is 4.79 Å². The summed E-state index contributed by atoms with van der Waals surface area (Å²) in [5.41, 5.74) is 7.08. The third-order valence-electron chi connectivity index (χ3n) is 1.98. The predicted molar refractivity (Wildman–Crippen MR) is 56.1 cm³/mol. The molecule has 0 radical (unpaired) electrons. The van der Waals surface area contributed by atoms with Crippen molar-refractivity contribution >= 4 is 17.3 Å². The first kappa shape index (κ1) is 10.4. The molecule has 0 saturated heterocycles. The van der Waals surface area contributed by atoms with Gasteiger partial charge in [-0.25, -0.2) is 0 Å². The maximum absolute atomic E-state index is 10.5. The molecule has 1 aromatic rings. The van der Waals surface area contributed by atoms with E-state index < -0.39 is 11.9 Å². The average Bonchev–Trinajstić information content (AvgIpc) is 2.16. The lowest BCUT2D eigenvalue weighted by atomic mass is 10.2. The first-order valence-electron chi connectivity index (χ1n) is 4.42. The van der Waals surface area contributed by atoms with Gasteiger partial charge in [-0.1, -0.05) is 19.1 Å². The molecule has 4 nitrogen and oxygen atoms in total. The zero-order valence-electron chi connectivity index (χ0n) is 8.03. The number of anilines is 2. The second-order valence-electron chi connectivity index (χ2n) is 3.21. The number of nitrogens with one attached hydrogen (secondary N) is 1. The molecule has 1 aromatic carbocycles. The molecule has 0 aliphatic carbocycles. The summed E-state index contributed by atoms with van der Waals surface area (Å²) >= 11 is 0. The van der Waals surface area contributed by atoms with Crippen LogP contribution in [0.4, 0.5) is 11.4 Å².